The van der Waals surface area contributed by atoms with Crippen molar-refractivity contribution in [2.45, 2.75) is 69.4 Å². The average molecular weight is 361 g/mol. The van der Waals surface area contributed by atoms with Crippen molar-refractivity contribution < 1.29 is 24.5 Å². The third kappa shape index (κ3) is 3.60. The van der Waals surface area contributed by atoms with Crippen LogP contribution in [0.4, 0.5) is 0 Å². The Morgan fingerprint density at radius 3 is 2.88 bits per heavy atom. The summed E-state index contributed by atoms with van der Waals surface area (Å²) in [6, 6.07) is 6.86. The summed E-state index contributed by atoms with van der Waals surface area (Å²) in [5.41, 5.74) is 8.96. The Labute approximate surface area is 151 Å². The van der Waals surface area contributed by atoms with E-state index in [0.29, 0.717) is 0 Å². The van der Waals surface area contributed by atoms with Crippen molar-refractivity contribution in [1.29, 1.82) is 0 Å². The maximum atomic E-state index is 12.0. The zero-order chi connectivity index (χ0) is 18.9. The maximum Gasteiger partial charge on any atom is 0.161 e. The fraction of sp³-hybridized carbons (Fsp3) is 0.611. The van der Waals surface area contributed by atoms with Gasteiger partial charge in [0.15, 0.2) is 12.1 Å². The van der Waals surface area contributed by atoms with E-state index in [0.717, 1.165) is 11.1 Å². The number of aliphatic hydroxyl groups excluding tert-OH is 1. The normalized spacial score (nSPS) is 36.7. The third-order valence-electron chi connectivity index (χ3n) is 5.25. The van der Waals surface area contributed by atoms with Crippen LogP contribution in [0.5, 0.6) is 0 Å². The fourth-order valence-electron chi connectivity index (χ4n) is 3.68. The molecule has 0 saturated carbocycles. The van der Waals surface area contributed by atoms with Crippen molar-refractivity contribution in [2.75, 3.05) is 0 Å². The second-order valence-electron chi connectivity index (χ2n) is 7.06. The molecule has 2 N–H and O–H groups in total. The van der Waals surface area contributed by atoms with Crippen molar-refractivity contribution >= 4 is 5.78 Å². The lowest BCUT2D eigenvalue weighted by atomic mass is 9.77. The Balaban J connectivity index is 1.84. The maximum absolute atomic E-state index is 12.0. The smallest absolute Gasteiger partial charge is 0.161 e. The minimum absolute atomic E-state index is 0.127. The van der Waals surface area contributed by atoms with Gasteiger partial charge >= 0.3 is 0 Å². The van der Waals surface area contributed by atoms with Crippen LogP contribution in [-0.2, 0) is 20.7 Å². The van der Waals surface area contributed by atoms with Gasteiger partial charge in [0.2, 0.25) is 0 Å². The molecule has 1 fully saturated rings. The molecule has 0 bridgehead atoms. The van der Waals surface area contributed by atoms with Crippen molar-refractivity contribution in [3.8, 4) is 0 Å². The van der Waals surface area contributed by atoms with Crippen molar-refractivity contribution in [3.05, 3.63) is 45.8 Å². The Morgan fingerprint density at radius 1 is 1.46 bits per heavy atom. The van der Waals surface area contributed by atoms with Gasteiger partial charge in [-0.15, -0.1) is 0 Å². The number of Topliss-reactive ketones (excluding diaryl/α,β-unsaturated/α-hetero) is 1. The van der Waals surface area contributed by atoms with Crippen LogP contribution in [0.1, 0.15) is 43.9 Å². The van der Waals surface area contributed by atoms with Crippen molar-refractivity contribution in [3.63, 3.8) is 0 Å². The first-order valence-corrected chi connectivity index (χ1v) is 8.68. The van der Waals surface area contributed by atoms with Crippen LogP contribution in [0, 0.1) is 0 Å². The summed E-state index contributed by atoms with van der Waals surface area (Å²) in [7, 11) is 0. The number of rotatable bonds is 4. The van der Waals surface area contributed by atoms with E-state index < -0.39 is 36.2 Å². The number of carbonyl (C=O) groups is 1. The van der Waals surface area contributed by atoms with Crippen LogP contribution >= 0.6 is 0 Å². The second-order valence-corrected chi connectivity index (χ2v) is 7.06. The van der Waals surface area contributed by atoms with E-state index in [1.165, 1.54) is 6.92 Å². The number of ether oxygens (including phenoxy) is 2. The molecule has 140 valence electrons. The Bertz CT molecular complexity index is 735. The molecule has 1 aromatic rings. The molecule has 1 aromatic carbocycles. The number of carbonyl (C=O) groups excluding carboxylic acids is 1. The van der Waals surface area contributed by atoms with Crippen LogP contribution in [0.3, 0.4) is 0 Å². The summed E-state index contributed by atoms with van der Waals surface area (Å²) < 4.78 is 11.8. The van der Waals surface area contributed by atoms with Gasteiger partial charge in [0.1, 0.15) is 5.60 Å². The molecular weight excluding hydrogens is 338 g/mol. The summed E-state index contributed by atoms with van der Waals surface area (Å²) in [5, 5.41) is 24.5. The Hall–Kier alpha value is -1.96. The van der Waals surface area contributed by atoms with Crippen LogP contribution < -0.4 is 0 Å². The van der Waals surface area contributed by atoms with Gasteiger partial charge in [-0.1, -0.05) is 29.4 Å². The lowest BCUT2D eigenvalue weighted by molar-refractivity contribution is -0.246. The van der Waals surface area contributed by atoms with Crippen LogP contribution in [0.15, 0.2) is 29.4 Å². The molecule has 8 heteroatoms. The second kappa shape index (κ2) is 7.34. The van der Waals surface area contributed by atoms with E-state index in [4.69, 9.17) is 15.0 Å². The number of hydrogen-bond acceptors (Lipinski definition) is 6. The molecule has 8 nitrogen and oxygen atoms in total. The van der Waals surface area contributed by atoms with E-state index in [2.05, 4.69) is 10.0 Å². The monoisotopic (exact) mass is 361 g/mol. The molecule has 1 aliphatic carbocycles. The van der Waals surface area contributed by atoms with E-state index in [1.807, 2.05) is 24.3 Å². The predicted octanol–water partition coefficient (Wildman–Crippen LogP) is 2.19. The van der Waals surface area contributed by atoms with Gasteiger partial charge in [-0.05, 0) is 30.5 Å². The molecular formula is C18H23N3O5. The molecule has 0 amide bonds. The topological polar surface area (TPSA) is 125 Å². The summed E-state index contributed by atoms with van der Waals surface area (Å²) in [5.74, 6) is -0.305. The van der Waals surface area contributed by atoms with Crippen LogP contribution in [0.25, 0.3) is 10.4 Å². The molecule has 0 spiro atoms. The number of aliphatic hydroxyl groups is 2. The lowest BCUT2D eigenvalue weighted by Crippen LogP contribution is -2.49. The van der Waals surface area contributed by atoms with Crippen LogP contribution in [0.2, 0.25) is 0 Å². The zero-order valence-corrected chi connectivity index (χ0v) is 14.8. The fourth-order valence-corrected chi connectivity index (χ4v) is 3.68. The first-order valence-electron chi connectivity index (χ1n) is 8.68. The molecule has 1 aliphatic heterocycles. The van der Waals surface area contributed by atoms with Gasteiger partial charge < -0.3 is 19.7 Å². The number of azide groups is 1. The summed E-state index contributed by atoms with van der Waals surface area (Å²) in [4.78, 5) is 14.8. The van der Waals surface area contributed by atoms with Gasteiger partial charge in [0.05, 0.1) is 24.4 Å². The number of nitrogens with zero attached hydrogens (tertiary/aromatic N) is 3. The largest absolute Gasteiger partial charge is 0.390 e. The number of ketones is 1. The highest BCUT2D eigenvalue weighted by Gasteiger charge is 2.44. The SMILES string of the molecule is CC(=O)[C@]1(O)Cc2ccccc2[C@@H](O[C@H]2C[C@H](N=[N+]=[N-])[C@H](O)[C@H](C)O2)C1. The van der Waals surface area contributed by atoms with Gasteiger partial charge in [0.25, 0.3) is 0 Å². The molecule has 6 atom stereocenters. The van der Waals surface area contributed by atoms with E-state index in [9.17, 15) is 15.0 Å². The molecule has 1 saturated heterocycles. The van der Waals surface area contributed by atoms with Gasteiger partial charge in [-0.2, -0.15) is 0 Å². The first-order chi connectivity index (χ1) is 12.3. The van der Waals surface area contributed by atoms with Gasteiger partial charge in [-0.25, -0.2) is 0 Å². The summed E-state index contributed by atoms with van der Waals surface area (Å²) in [6.07, 6.45) is -2.13. The summed E-state index contributed by atoms with van der Waals surface area (Å²) in [6.45, 7) is 3.05. The highest BCUT2D eigenvalue weighted by atomic mass is 16.7. The quantitative estimate of drug-likeness (QED) is 0.483. The molecule has 2 aliphatic rings. The predicted molar refractivity (Wildman–Crippen MR) is 92.1 cm³/mol. The van der Waals surface area contributed by atoms with Gasteiger partial charge in [0, 0.05) is 24.2 Å². The average Bonchev–Trinajstić information content (AvgIpc) is 2.59. The Kier molecular flexibility index (Phi) is 5.32. The van der Waals surface area contributed by atoms with E-state index >= 15 is 0 Å². The van der Waals surface area contributed by atoms with Gasteiger partial charge in [-0.3, -0.25) is 4.79 Å². The molecule has 26 heavy (non-hydrogen) atoms. The molecule has 3 rings (SSSR count). The zero-order valence-electron chi connectivity index (χ0n) is 14.8. The first kappa shape index (κ1) is 18.8. The minimum Gasteiger partial charge on any atom is -0.390 e. The number of fused-ring (bicyclic) bond motifs is 1. The molecule has 0 aromatic heterocycles. The Morgan fingerprint density at radius 2 is 2.19 bits per heavy atom. The molecule has 0 unspecified atom stereocenters. The number of hydrogen-bond donors (Lipinski definition) is 2. The third-order valence-corrected chi connectivity index (χ3v) is 5.25. The molecule has 0 radical (unpaired) electrons. The number of benzene rings is 1. The van der Waals surface area contributed by atoms with Crippen LogP contribution in [-0.4, -0.2) is 46.1 Å². The minimum atomic E-state index is -1.48. The highest BCUT2D eigenvalue weighted by molar-refractivity contribution is 5.85. The van der Waals surface area contributed by atoms with E-state index in [1.54, 1.807) is 6.92 Å². The lowest BCUT2D eigenvalue weighted by Gasteiger charge is -2.41. The van der Waals surface area contributed by atoms with Crippen molar-refractivity contribution in [2.24, 2.45) is 5.11 Å². The van der Waals surface area contributed by atoms with E-state index in [-0.39, 0.29) is 25.0 Å². The summed E-state index contributed by atoms with van der Waals surface area (Å²) >= 11 is 0. The standard InChI is InChI=1S/C18H23N3O5/c1-10-17(23)14(20-21-19)7-16(25-10)26-15-9-18(24,11(2)22)8-12-5-3-4-6-13(12)15/h3-6,10,14-17,23-24H,7-9H2,1-2H3/t10-,14-,15-,16-,17+,18-/m0/s1. The highest BCUT2D eigenvalue weighted by Crippen LogP contribution is 2.40. The molecule has 1 heterocycles. The van der Waals surface area contributed by atoms with Crippen molar-refractivity contribution in [1.82, 2.24) is 0 Å².